The third-order valence-electron chi connectivity index (χ3n) is 8.46. The minimum atomic E-state index is -0.280. The second kappa shape index (κ2) is 10.9. The lowest BCUT2D eigenvalue weighted by atomic mass is 9.71. The summed E-state index contributed by atoms with van der Waals surface area (Å²) in [5, 5.41) is 7.96. The third-order valence-corrected chi connectivity index (χ3v) is 8.46. The number of likely N-dealkylation sites (tertiary alicyclic amines) is 1. The summed E-state index contributed by atoms with van der Waals surface area (Å²) < 4.78 is 16.7. The molecule has 198 valence electrons. The maximum atomic E-state index is 14.4. The van der Waals surface area contributed by atoms with Gasteiger partial charge in [0.05, 0.1) is 12.3 Å². The number of benzene rings is 1. The molecule has 1 amide bonds. The Balaban J connectivity index is 1.60. The van der Waals surface area contributed by atoms with Crippen LogP contribution in [0.2, 0.25) is 0 Å². The van der Waals surface area contributed by atoms with E-state index in [4.69, 9.17) is 4.84 Å². The van der Waals surface area contributed by atoms with Crippen molar-refractivity contribution in [1.82, 2.24) is 14.8 Å². The zero-order chi connectivity index (χ0) is 26.0. The van der Waals surface area contributed by atoms with Crippen molar-refractivity contribution in [2.24, 2.45) is 16.5 Å². The molecule has 2 fully saturated rings. The second-order valence-corrected chi connectivity index (χ2v) is 11.8. The molecule has 0 atom stereocenters. The van der Waals surface area contributed by atoms with Gasteiger partial charge in [-0.05, 0) is 75.0 Å². The first kappa shape index (κ1) is 26.6. The van der Waals surface area contributed by atoms with E-state index in [2.05, 4.69) is 40.7 Å². The number of halogens is 1. The van der Waals surface area contributed by atoms with E-state index in [1.54, 1.807) is 6.07 Å². The number of piperidine rings is 1. The van der Waals surface area contributed by atoms with Crippen LogP contribution in [0.1, 0.15) is 90.4 Å². The number of hydrogen-bond donors (Lipinski definition) is 1. The number of fused-ring (bicyclic) bond motifs is 1. The maximum Gasteiger partial charge on any atom is 0.217 e. The molecular weight excluding hydrogens is 455 g/mol. The van der Waals surface area contributed by atoms with E-state index in [1.807, 2.05) is 13.0 Å². The number of carbonyl (C=O) groups excluding carboxylic acids is 1. The Morgan fingerprint density at radius 3 is 2.33 bits per heavy atom. The van der Waals surface area contributed by atoms with Crippen molar-refractivity contribution in [2.75, 3.05) is 20.2 Å². The number of amides is 1. The molecular formula is C29H43FN4O2. The fraction of sp³-hybridized carbons (Fsp3) is 0.655. The fourth-order valence-electron chi connectivity index (χ4n) is 6.54. The van der Waals surface area contributed by atoms with Gasteiger partial charge in [0.15, 0.2) is 0 Å². The molecule has 7 heteroatoms. The lowest BCUT2D eigenvalue weighted by Gasteiger charge is -2.44. The van der Waals surface area contributed by atoms with E-state index in [0.29, 0.717) is 23.7 Å². The summed E-state index contributed by atoms with van der Waals surface area (Å²) in [5.41, 5.74) is 3.89. The Bertz CT molecular complexity index is 1100. The van der Waals surface area contributed by atoms with Crippen molar-refractivity contribution in [3.8, 4) is 0 Å². The van der Waals surface area contributed by atoms with Crippen LogP contribution in [0.15, 0.2) is 23.4 Å². The highest BCUT2D eigenvalue weighted by Gasteiger charge is 2.34. The van der Waals surface area contributed by atoms with Crippen molar-refractivity contribution in [3.05, 3.63) is 35.3 Å². The molecule has 2 heterocycles. The van der Waals surface area contributed by atoms with E-state index in [9.17, 15) is 9.18 Å². The summed E-state index contributed by atoms with van der Waals surface area (Å²) in [7, 11) is 1.52. The van der Waals surface area contributed by atoms with Gasteiger partial charge < -0.3 is 19.6 Å². The predicted octanol–water partition coefficient (Wildman–Crippen LogP) is 6.03. The number of hydrogen-bond acceptors (Lipinski definition) is 4. The van der Waals surface area contributed by atoms with Crippen LogP contribution < -0.4 is 5.32 Å². The monoisotopic (exact) mass is 498 g/mol. The standard InChI is InChI=1S/C29H43FN4O2/c1-19(32-36-6)28-25-17-22(30)9-12-26(25)34(27(28)18-31-20(2)35)24-13-15-33(16-14-24)23-10-7-21(8-11-23)29(3,4)5/h9,12,17,21,23-24H,7-8,10-11,13-16,18H2,1-6H3,(H,31,35)/b32-19-. The molecule has 1 aromatic heterocycles. The zero-order valence-corrected chi connectivity index (χ0v) is 22.9. The summed E-state index contributed by atoms with van der Waals surface area (Å²) in [6, 6.07) is 5.94. The van der Waals surface area contributed by atoms with Gasteiger partial charge >= 0.3 is 0 Å². The highest BCUT2D eigenvalue weighted by Crippen LogP contribution is 2.41. The van der Waals surface area contributed by atoms with Crippen molar-refractivity contribution >= 4 is 22.5 Å². The van der Waals surface area contributed by atoms with Gasteiger partial charge in [0.25, 0.3) is 0 Å². The summed E-state index contributed by atoms with van der Waals surface area (Å²) in [4.78, 5) is 19.6. The summed E-state index contributed by atoms with van der Waals surface area (Å²) in [6.07, 6.45) is 7.31. The lowest BCUT2D eigenvalue weighted by molar-refractivity contribution is -0.119. The maximum absolute atomic E-state index is 14.4. The number of aromatic nitrogens is 1. The van der Waals surface area contributed by atoms with Gasteiger partial charge in [0.1, 0.15) is 12.9 Å². The first-order valence-corrected chi connectivity index (χ1v) is 13.5. The van der Waals surface area contributed by atoms with Crippen LogP contribution >= 0.6 is 0 Å². The molecule has 2 aromatic rings. The molecule has 6 nitrogen and oxygen atoms in total. The molecule has 0 radical (unpaired) electrons. The van der Waals surface area contributed by atoms with Gasteiger partial charge in [-0.1, -0.05) is 25.9 Å². The summed E-state index contributed by atoms with van der Waals surface area (Å²) in [6.45, 7) is 13.0. The molecule has 1 N–H and O–H groups in total. The topological polar surface area (TPSA) is 58.9 Å². The molecule has 0 spiro atoms. The first-order valence-electron chi connectivity index (χ1n) is 13.5. The number of oxime groups is 1. The molecule has 0 bridgehead atoms. The Labute approximate surface area is 215 Å². The normalized spacial score (nSPS) is 22.7. The van der Waals surface area contributed by atoms with Crippen LogP contribution in [-0.2, 0) is 16.2 Å². The number of rotatable bonds is 6. The highest BCUT2D eigenvalue weighted by atomic mass is 19.1. The Morgan fingerprint density at radius 1 is 1.08 bits per heavy atom. The summed E-state index contributed by atoms with van der Waals surface area (Å²) >= 11 is 0. The molecule has 1 saturated heterocycles. The van der Waals surface area contributed by atoms with Crippen LogP contribution in [0.25, 0.3) is 10.9 Å². The summed E-state index contributed by atoms with van der Waals surface area (Å²) in [5.74, 6) is 0.452. The number of carbonyl (C=O) groups is 1. The van der Waals surface area contributed by atoms with Crippen LogP contribution in [0.3, 0.4) is 0 Å². The van der Waals surface area contributed by atoms with Crippen molar-refractivity contribution in [1.29, 1.82) is 0 Å². The average molecular weight is 499 g/mol. The van der Waals surface area contributed by atoms with Crippen molar-refractivity contribution in [2.45, 2.75) is 91.8 Å². The minimum Gasteiger partial charge on any atom is -0.399 e. The van der Waals surface area contributed by atoms with Gasteiger partial charge in [0.2, 0.25) is 5.91 Å². The van der Waals surface area contributed by atoms with Gasteiger partial charge in [0, 0.05) is 54.3 Å². The smallest absolute Gasteiger partial charge is 0.217 e. The van der Waals surface area contributed by atoms with Gasteiger partial charge in [-0.15, -0.1) is 0 Å². The number of nitrogens with zero attached hydrogens (tertiary/aromatic N) is 3. The van der Waals surface area contributed by atoms with E-state index in [-0.39, 0.29) is 17.8 Å². The molecule has 4 rings (SSSR count). The van der Waals surface area contributed by atoms with Gasteiger partial charge in [-0.3, -0.25) is 4.79 Å². The fourth-order valence-corrected chi connectivity index (χ4v) is 6.54. The van der Waals surface area contributed by atoms with Crippen LogP contribution in [0.5, 0.6) is 0 Å². The largest absolute Gasteiger partial charge is 0.399 e. The van der Waals surface area contributed by atoms with E-state index in [0.717, 1.165) is 54.0 Å². The lowest BCUT2D eigenvalue weighted by Crippen LogP contribution is -2.44. The van der Waals surface area contributed by atoms with Crippen LogP contribution in [0.4, 0.5) is 4.39 Å². The quantitative estimate of drug-likeness (QED) is 0.391. The van der Waals surface area contributed by atoms with Crippen molar-refractivity contribution < 1.29 is 14.0 Å². The van der Waals surface area contributed by atoms with E-state index in [1.165, 1.54) is 45.8 Å². The SMILES string of the molecule is CO/N=C(/C)c1c(CNC(C)=O)n(C2CCN(C3CCC(C(C)(C)C)CC3)CC2)c2ccc(F)cc12. The predicted molar refractivity (Wildman–Crippen MR) is 144 cm³/mol. The second-order valence-electron chi connectivity index (χ2n) is 11.8. The van der Waals surface area contributed by atoms with Crippen LogP contribution in [-0.4, -0.2) is 47.3 Å². The molecule has 1 aliphatic heterocycles. The molecule has 1 saturated carbocycles. The van der Waals surface area contributed by atoms with E-state index >= 15 is 0 Å². The molecule has 36 heavy (non-hydrogen) atoms. The minimum absolute atomic E-state index is 0.0917. The third kappa shape index (κ3) is 5.61. The Kier molecular flexibility index (Phi) is 8.08. The molecule has 1 aromatic carbocycles. The molecule has 1 aliphatic carbocycles. The zero-order valence-electron chi connectivity index (χ0n) is 22.9. The van der Waals surface area contributed by atoms with Gasteiger partial charge in [-0.25, -0.2) is 4.39 Å². The van der Waals surface area contributed by atoms with Crippen molar-refractivity contribution in [3.63, 3.8) is 0 Å². The first-order chi connectivity index (χ1) is 17.1. The Hall–Kier alpha value is -2.41. The van der Waals surface area contributed by atoms with E-state index < -0.39 is 0 Å². The highest BCUT2D eigenvalue weighted by molar-refractivity contribution is 6.11. The molecule has 0 unspecified atom stereocenters. The number of nitrogens with one attached hydrogen (secondary N) is 1. The average Bonchev–Trinajstić information content (AvgIpc) is 3.15. The van der Waals surface area contributed by atoms with Crippen LogP contribution in [0, 0.1) is 17.2 Å². The molecule has 2 aliphatic rings. The van der Waals surface area contributed by atoms with Gasteiger partial charge in [-0.2, -0.15) is 0 Å². The Morgan fingerprint density at radius 2 is 1.75 bits per heavy atom.